The molecule has 1 aliphatic carbocycles. The maximum atomic E-state index is 13.3. The average Bonchev–Trinajstić information content (AvgIpc) is 3.47. The van der Waals surface area contributed by atoms with Crippen molar-refractivity contribution in [2.45, 2.75) is 32.0 Å². The largest absolute Gasteiger partial charge is 0.467 e. The maximum absolute atomic E-state index is 13.3. The number of carbonyl (C=O) groups excluding carboxylic acids is 2. The summed E-state index contributed by atoms with van der Waals surface area (Å²) >= 11 is 3.42. The van der Waals surface area contributed by atoms with Gasteiger partial charge < -0.3 is 14.2 Å². The number of furan rings is 1. The summed E-state index contributed by atoms with van der Waals surface area (Å²) in [7, 11) is 0. The molecule has 0 unspecified atom stereocenters. The first-order valence-corrected chi connectivity index (χ1v) is 10.8. The topological polar surface area (TPSA) is 53.8 Å². The van der Waals surface area contributed by atoms with Crippen LogP contribution >= 0.6 is 15.9 Å². The second-order valence-corrected chi connectivity index (χ2v) is 8.41. The van der Waals surface area contributed by atoms with Gasteiger partial charge in [0.2, 0.25) is 5.91 Å². The molecule has 5 nitrogen and oxygen atoms in total. The summed E-state index contributed by atoms with van der Waals surface area (Å²) in [5.41, 5.74) is 1.62. The van der Waals surface area contributed by atoms with Crippen LogP contribution in [0.5, 0.6) is 0 Å². The Bertz CT molecular complexity index is 1000. The van der Waals surface area contributed by atoms with Crippen LogP contribution in [0.2, 0.25) is 0 Å². The number of hydrogen-bond acceptors (Lipinski definition) is 3. The van der Waals surface area contributed by atoms with Crippen molar-refractivity contribution in [2.24, 2.45) is 0 Å². The molecule has 1 aromatic heterocycles. The van der Waals surface area contributed by atoms with Crippen molar-refractivity contribution in [2.75, 3.05) is 6.54 Å². The van der Waals surface area contributed by atoms with Crippen LogP contribution in [0.25, 0.3) is 0 Å². The van der Waals surface area contributed by atoms with E-state index < -0.39 is 0 Å². The first-order chi connectivity index (χ1) is 14.6. The number of hydrogen-bond donors (Lipinski definition) is 0. The highest BCUT2D eigenvalue weighted by Crippen LogP contribution is 2.29. The molecule has 3 aromatic rings. The van der Waals surface area contributed by atoms with Gasteiger partial charge >= 0.3 is 0 Å². The van der Waals surface area contributed by atoms with Gasteiger partial charge in [-0.3, -0.25) is 9.59 Å². The lowest BCUT2D eigenvalue weighted by Crippen LogP contribution is -2.43. The first-order valence-electron chi connectivity index (χ1n) is 10.0. The third-order valence-corrected chi connectivity index (χ3v) is 5.61. The molecule has 2 aromatic carbocycles. The van der Waals surface area contributed by atoms with Crippen molar-refractivity contribution in [1.82, 2.24) is 9.80 Å². The Balaban J connectivity index is 1.52. The zero-order valence-electron chi connectivity index (χ0n) is 16.5. The predicted molar refractivity (Wildman–Crippen MR) is 118 cm³/mol. The fourth-order valence-electron chi connectivity index (χ4n) is 3.41. The van der Waals surface area contributed by atoms with Gasteiger partial charge in [0.15, 0.2) is 0 Å². The number of halogens is 1. The van der Waals surface area contributed by atoms with Gasteiger partial charge in [0.1, 0.15) is 12.3 Å². The Labute approximate surface area is 184 Å². The predicted octanol–water partition coefficient (Wildman–Crippen LogP) is 4.88. The first kappa shape index (κ1) is 20.4. The summed E-state index contributed by atoms with van der Waals surface area (Å²) < 4.78 is 6.31. The highest BCUT2D eigenvalue weighted by atomic mass is 79.9. The van der Waals surface area contributed by atoms with Crippen molar-refractivity contribution >= 4 is 27.7 Å². The number of benzene rings is 2. The smallest absolute Gasteiger partial charge is 0.254 e. The standard InChI is InChI=1S/C24H23BrN2O3/c25-20-9-4-8-19(14-20)24(29)27(21-11-12-21)17-23(28)26(16-22-10-5-13-30-22)15-18-6-2-1-3-7-18/h1-10,13-14,21H,11-12,15-17H2. The van der Waals surface area contributed by atoms with E-state index >= 15 is 0 Å². The molecule has 30 heavy (non-hydrogen) atoms. The van der Waals surface area contributed by atoms with Crippen LogP contribution in [0.1, 0.15) is 34.5 Å². The molecule has 1 heterocycles. The Morgan fingerprint density at radius 1 is 0.967 bits per heavy atom. The molecule has 0 N–H and O–H groups in total. The van der Waals surface area contributed by atoms with E-state index in [-0.39, 0.29) is 24.4 Å². The van der Waals surface area contributed by atoms with E-state index in [4.69, 9.17) is 4.42 Å². The van der Waals surface area contributed by atoms with Gasteiger partial charge in [-0.15, -0.1) is 0 Å². The monoisotopic (exact) mass is 466 g/mol. The zero-order chi connectivity index (χ0) is 20.9. The lowest BCUT2D eigenvalue weighted by atomic mass is 10.2. The highest BCUT2D eigenvalue weighted by Gasteiger charge is 2.35. The SMILES string of the molecule is O=C(CN(C(=O)c1cccc(Br)c1)C1CC1)N(Cc1ccccc1)Cc1ccco1. The maximum Gasteiger partial charge on any atom is 0.254 e. The molecule has 1 aliphatic rings. The van der Waals surface area contributed by atoms with Crippen LogP contribution in [0.15, 0.2) is 81.9 Å². The van der Waals surface area contributed by atoms with Gasteiger partial charge in [0.05, 0.1) is 12.8 Å². The molecular formula is C24H23BrN2O3. The molecule has 0 atom stereocenters. The normalized spacial score (nSPS) is 13.1. The molecule has 1 fully saturated rings. The third kappa shape index (κ3) is 5.19. The van der Waals surface area contributed by atoms with Crippen LogP contribution in [0.4, 0.5) is 0 Å². The quantitative estimate of drug-likeness (QED) is 0.475. The van der Waals surface area contributed by atoms with E-state index in [0.717, 1.165) is 28.6 Å². The van der Waals surface area contributed by atoms with Crippen molar-refractivity contribution in [3.63, 3.8) is 0 Å². The molecule has 0 saturated heterocycles. The van der Waals surface area contributed by atoms with E-state index in [0.29, 0.717) is 18.7 Å². The van der Waals surface area contributed by atoms with Gasteiger partial charge in [-0.25, -0.2) is 0 Å². The minimum atomic E-state index is -0.107. The number of nitrogens with zero attached hydrogens (tertiary/aromatic N) is 2. The van der Waals surface area contributed by atoms with Gasteiger partial charge in [-0.2, -0.15) is 0 Å². The minimum absolute atomic E-state index is 0.0591. The van der Waals surface area contributed by atoms with Crippen molar-refractivity contribution in [1.29, 1.82) is 0 Å². The summed E-state index contributed by atoms with van der Waals surface area (Å²) in [6.45, 7) is 0.887. The van der Waals surface area contributed by atoms with Crippen LogP contribution < -0.4 is 0 Å². The van der Waals surface area contributed by atoms with Gasteiger partial charge in [0.25, 0.3) is 5.91 Å². The summed E-state index contributed by atoms with van der Waals surface area (Å²) in [6.07, 6.45) is 3.47. The molecule has 6 heteroatoms. The minimum Gasteiger partial charge on any atom is -0.467 e. The second kappa shape index (κ2) is 9.30. The molecule has 1 saturated carbocycles. The Hall–Kier alpha value is -2.86. The third-order valence-electron chi connectivity index (χ3n) is 5.12. The van der Waals surface area contributed by atoms with E-state index in [1.54, 1.807) is 28.2 Å². The summed E-state index contributed by atoms with van der Waals surface area (Å²) in [6, 6.07) is 21.0. The Kier molecular flexibility index (Phi) is 6.33. The van der Waals surface area contributed by atoms with Crippen molar-refractivity contribution in [3.8, 4) is 0 Å². The van der Waals surface area contributed by atoms with E-state index in [1.807, 2.05) is 54.6 Å². The van der Waals surface area contributed by atoms with Crippen LogP contribution in [-0.4, -0.2) is 34.2 Å². The van der Waals surface area contributed by atoms with Crippen molar-refractivity contribution < 1.29 is 14.0 Å². The Morgan fingerprint density at radius 2 is 1.77 bits per heavy atom. The number of amides is 2. The summed E-state index contributed by atoms with van der Waals surface area (Å²) in [5.74, 6) is 0.519. The molecule has 0 spiro atoms. The number of rotatable bonds is 8. The molecule has 0 radical (unpaired) electrons. The van der Waals surface area contributed by atoms with Crippen LogP contribution in [-0.2, 0) is 17.9 Å². The molecule has 0 aliphatic heterocycles. The fourth-order valence-corrected chi connectivity index (χ4v) is 3.81. The van der Waals surface area contributed by atoms with Crippen LogP contribution in [0.3, 0.4) is 0 Å². The summed E-state index contributed by atoms with van der Waals surface area (Å²) in [5, 5.41) is 0. The highest BCUT2D eigenvalue weighted by molar-refractivity contribution is 9.10. The van der Waals surface area contributed by atoms with Crippen molar-refractivity contribution in [3.05, 3.63) is 94.4 Å². The van der Waals surface area contributed by atoms with Gasteiger partial charge in [0, 0.05) is 22.6 Å². The fraction of sp³-hybridized carbons (Fsp3) is 0.250. The lowest BCUT2D eigenvalue weighted by molar-refractivity contribution is -0.133. The van der Waals surface area contributed by atoms with Gasteiger partial charge in [-0.05, 0) is 48.7 Å². The summed E-state index contributed by atoms with van der Waals surface area (Å²) in [4.78, 5) is 29.9. The number of carbonyl (C=O) groups is 2. The Morgan fingerprint density at radius 3 is 2.43 bits per heavy atom. The molecule has 154 valence electrons. The molecule has 0 bridgehead atoms. The van der Waals surface area contributed by atoms with E-state index in [2.05, 4.69) is 15.9 Å². The van der Waals surface area contributed by atoms with Crippen LogP contribution in [0, 0.1) is 0 Å². The molecular weight excluding hydrogens is 444 g/mol. The zero-order valence-corrected chi connectivity index (χ0v) is 18.1. The molecule has 2 amide bonds. The molecule has 4 rings (SSSR count). The van der Waals surface area contributed by atoms with Gasteiger partial charge in [-0.1, -0.05) is 52.3 Å². The average molecular weight is 467 g/mol. The van der Waals surface area contributed by atoms with E-state index in [9.17, 15) is 9.59 Å². The second-order valence-electron chi connectivity index (χ2n) is 7.49. The van der Waals surface area contributed by atoms with E-state index in [1.165, 1.54) is 0 Å². The lowest BCUT2D eigenvalue weighted by Gasteiger charge is -2.27.